The van der Waals surface area contributed by atoms with Crippen molar-refractivity contribution in [3.05, 3.63) is 17.8 Å². The molecule has 2 nitrogen and oxygen atoms in total. The molecule has 0 saturated heterocycles. The minimum atomic E-state index is 0.548. The van der Waals surface area contributed by atoms with E-state index >= 15 is 0 Å². The molecule has 1 aromatic heterocycles. The summed E-state index contributed by atoms with van der Waals surface area (Å²) >= 11 is 1.76. The van der Waals surface area contributed by atoms with Gasteiger partial charge in [-0.1, -0.05) is 20.8 Å². The third-order valence-electron chi connectivity index (χ3n) is 2.27. The van der Waals surface area contributed by atoms with Gasteiger partial charge in [-0.15, -0.1) is 11.8 Å². The molecule has 1 rings (SSSR count). The largest absolute Gasteiger partial charge is 0.397 e. The number of nitrogen functional groups attached to an aromatic ring is 1. The summed E-state index contributed by atoms with van der Waals surface area (Å²) in [4.78, 5) is 4.43. The lowest BCUT2D eigenvalue weighted by Gasteiger charge is -2.15. The van der Waals surface area contributed by atoms with Crippen LogP contribution in [0.4, 0.5) is 5.69 Å². The smallest absolute Gasteiger partial charge is 0.119 e. The monoisotopic (exact) mass is 210 g/mol. The van der Waals surface area contributed by atoms with Crippen LogP contribution in [0.5, 0.6) is 0 Å². The maximum atomic E-state index is 5.85. The van der Waals surface area contributed by atoms with Crippen LogP contribution in [0, 0.1) is 12.8 Å². The van der Waals surface area contributed by atoms with E-state index in [1.54, 1.807) is 11.8 Å². The van der Waals surface area contributed by atoms with Gasteiger partial charge >= 0.3 is 0 Å². The number of pyridine rings is 1. The molecule has 0 spiro atoms. The lowest BCUT2D eigenvalue weighted by atomic mass is 10.2. The van der Waals surface area contributed by atoms with Crippen LogP contribution in [0.3, 0.4) is 0 Å². The second kappa shape index (κ2) is 4.69. The number of rotatable bonds is 3. The molecule has 78 valence electrons. The third-order valence-corrected chi connectivity index (χ3v) is 3.73. The number of nitrogens with zero attached hydrogens (tertiary/aromatic N) is 1. The van der Waals surface area contributed by atoms with Crippen molar-refractivity contribution in [1.82, 2.24) is 4.98 Å². The first-order chi connectivity index (χ1) is 6.50. The normalized spacial score (nSPS) is 13.2. The van der Waals surface area contributed by atoms with E-state index in [0.717, 1.165) is 16.4 Å². The second-order valence-electron chi connectivity index (χ2n) is 3.91. The van der Waals surface area contributed by atoms with Crippen LogP contribution < -0.4 is 5.73 Å². The standard InChI is InChI=1S/C11H18N2S/c1-7(2)9(4)14-11-10(12)6-5-8(3)13-11/h5-7,9H,12H2,1-4H3. The molecule has 3 heteroatoms. The van der Waals surface area contributed by atoms with Gasteiger partial charge < -0.3 is 5.73 Å². The summed E-state index contributed by atoms with van der Waals surface area (Å²) in [6.45, 7) is 8.62. The van der Waals surface area contributed by atoms with Gasteiger partial charge in [0.15, 0.2) is 0 Å². The van der Waals surface area contributed by atoms with Gasteiger partial charge in [0.1, 0.15) is 5.03 Å². The Kier molecular flexibility index (Phi) is 3.81. The zero-order valence-electron chi connectivity index (χ0n) is 9.24. The van der Waals surface area contributed by atoms with Gasteiger partial charge in [0.25, 0.3) is 0 Å². The Hall–Kier alpha value is -0.700. The predicted octanol–water partition coefficient (Wildman–Crippen LogP) is 3.11. The topological polar surface area (TPSA) is 38.9 Å². The number of hydrogen-bond acceptors (Lipinski definition) is 3. The molecule has 0 fully saturated rings. The van der Waals surface area contributed by atoms with Gasteiger partial charge in [0.2, 0.25) is 0 Å². The number of hydrogen-bond donors (Lipinski definition) is 1. The summed E-state index contributed by atoms with van der Waals surface area (Å²) in [7, 11) is 0. The number of anilines is 1. The Balaban J connectivity index is 2.80. The number of aromatic nitrogens is 1. The molecule has 0 radical (unpaired) electrons. The zero-order chi connectivity index (χ0) is 10.7. The summed E-state index contributed by atoms with van der Waals surface area (Å²) in [5.74, 6) is 0.640. The highest BCUT2D eigenvalue weighted by Crippen LogP contribution is 2.30. The first-order valence-electron chi connectivity index (χ1n) is 4.90. The fourth-order valence-electron chi connectivity index (χ4n) is 0.950. The van der Waals surface area contributed by atoms with Crippen molar-refractivity contribution in [3.63, 3.8) is 0 Å². The summed E-state index contributed by atoms with van der Waals surface area (Å²) < 4.78 is 0. The molecule has 2 N–H and O–H groups in total. The molecular weight excluding hydrogens is 192 g/mol. The number of aryl methyl sites for hydroxylation is 1. The second-order valence-corrected chi connectivity index (χ2v) is 5.28. The average molecular weight is 210 g/mol. The van der Waals surface area contributed by atoms with Crippen LogP contribution >= 0.6 is 11.8 Å². The van der Waals surface area contributed by atoms with E-state index in [1.807, 2.05) is 19.1 Å². The number of thioether (sulfide) groups is 1. The van der Waals surface area contributed by atoms with Crippen molar-refractivity contribution in [2.45, 2.75) is 38.0 Å². The Bertz CT molecular complexity index is 310. The third kappa shape index (κ3) is 2.91. The Morgan fingerprint density at radius 2 is 1.93 bits per heavy atom. The van der Waals surface area contributed by atoms with E-state index in [0.29, 0.717) is 11.2 Å². The highest BCUT2D eigenvalue weighted by molar-refractivity contribution is 8.00. The molecule has 14 heavy (non-hydrogen) atoms. The van der Waals surface area contributed by atoms with Gasteiger partial charge in [-0.25, -0.2) is 4.98 Å². The lowest BCUT2D eigenvalue weighted by molar-refractivity contribution is 0.641. The summed E-state index contributed by atoms with van der Waals surface area (Å²) in [5, 5.41) is 1.51. The van der Waals surface area contributed by atoms with Gasteiger partial charge in [0, 0.05) is 10.9 Å². The van der Waals surface area contributed by atoms with Crippen LogP contribution in [0.2, 0.25) is 0 Å². The Labute approximate surface area is 90.3 Å². The van der Waals surface area contributed by atoms with Crippen molar-refractivity contribution in [2.24, 2.45) is 5.92 Å². The van der Waals surface area contributed by atoms with Crippen molar-refractivity contribution in [1.29, 1.82) is 0 Å². The van der Waals surface area contributed by atoms with Crippen molar-refractivity contribution < 1.29 is 0 Å². The maximum absolute atomic E-state index is 5.85. The molecule has 1 unspecified atom stereocenters. The minimum Gasteiger partial charge on any atom is -0.397 e. The molecule has 0 aliphatic rings. The first kappa shape index (κ1) is 11.4. The molecule has 0 saturated carbocycles. The van der Waals surface area contributed by atoms with E-state index in [2.05, 4.69) is 25.8 Å². The molecule has 1 aromatic rings. The Morgan fingerprint density at radius 1 is 1.29 bits per heavy atom. The lowest BCUT2D eigenvalue weighted by Crippen LogP contribution is -2.07. The van der Waals surface area contributed by atoms with Gasteiger partial charge in [0.05, 0.1) is 5.69 Å². The fourth-order valence-corrected chi connectivity index (χ4v) is 1.98. The van der Waals surface area contributed by atoms with Gasteiger partial charge in [-0.2, -0.15) is 0 Å². The van der Waals surface area contributed by atoms with E-state index in [1.165, 1.54) is 0 Å². The van der Waals surface area contributed by atoms with Gasteiger partial charge in [-0.3, -0.25) is 0 Å². The molecular formula is C11H18N2S. The number of nitrogens with two attached hydrogens (primary N) is 1. The predicted molar refractivity (Wildman–Crippen MR) is 63.5 cm³/mol. The highest BCUT2D eigenvalue weighted by atomic mass is 32.2. The molecule has 1 heterocycles. The molecule has 0 aliphatic carbocycles. The van der Waals surface area contributed by atoms with Gasteiger partial charge in [-0.05, 0) is 25.0 Å². The molecule has 1 atom stereocenters. The SMILES string of the molecule is Cc1ccc(N)c(SC(C)C(C)C)n1. The fraction of sp³-hybridized carbons (Fsp3) is 0.545. The molecule has 0 aliphatic heterocycles. The average Bonchev–Trinajstić information content (AvgIpc) is 2.11. The quantitative estimate of drug-likeness (QED) is 0.779. The van der Waals surface area contributed by atoms with E-state index in [9.17, 15) is 0 Å². The molecule has 0 bridgehead atoms. The first-order valence-corrected chi connectivity index (χ1v) is 5.78. The van der Waals surface area contributed by atoms with E-state index < -0.39 is 0 Å². The van der Waals surface area contributed by atoms with Crippen LogP contribution in [0.25, 0.3) is 0 Å². The van der Waals surface area contributed by atoms with Crippen LogP contribution in [0.1, 0.15) is 26.5 Å². The summed E-state index contributed by atoms with van der Waals surface area (Å²) in [6.07, 6.45) is 0. The van der Waals surface area contributed by atoms with E-state index in [-0.39, 0.29) is 0 Å². The Morgan fingerprint density at radius 3 is 2.50 bits per heavy atom. The summed E-state index contributed by atoms with van der Waals surface area (Å²) in [5.41, 5.74) is 7.67. The minimum absolute atomic E-state index is 0.548. The van der Waals surface area contributed by atoms with Crippen molar-refractivity contribution >= 4 is 17.4 Å². The van der Waals surface area contributed by atoms with Crippen LogP contribution in [-0.2, 0) is 0 Å². The summed E-state index contributed by atoms with van der Waals surface area (Å²) in [6, 6.07) is 3.87. The van der Waals surface area contributed by atoms with Crippen LogP contribution in [-0.4, -0.2) is 10.2 Å². The van der Waals surface area contributed by atoms with Crippen molar-refractivity contribution in [2.75, 3.05) is 5.73 Å². The highest BCUT2D eigenvalue weighted by Gasteiger charge is 2.11. The maximum Gasteiger partial charge on any atom is 0.119 e. The van der Waals surface area contributed by atoms with Crippen LogP contribution in [0.15, 0.2) is 17.2 Å². The molecule has 0 aromatic carbocycles. The van der Waals surface area contributed by atoms with E-state index in [4.69, 9.17) is 5.73 Å². The van der Waals surface area contributed by atoms with Crippen molar-refractivity contribution in [3.8, 4) is 0 Å². The zero-order valence-corrected chi connectivity index (χ0v) is 10.1. The molecule has 0 amide bonds.